The molecular weight excluding hydrogens is 332 g/mol. The first kappa shape index (κ1) is 17.8. The van der Waals surface area contributed by atoms with Crippen LogP contribution in [0.5, 0.6) is 0 Å². The van der Waals surface area contributed by atoms with Gasteiger partial charge in [-0.2, -0.15) is 0 Å². The zero-order chi connectivity index (χ0) is 17.8. The average molecular weight is 353 g/mol. The first-order valence-corrected chi connectivity index (χ1v) is 8.36. The first-order chi connectivity index (χ1) is 12.1. The second-order valence-corrected chi connectivity index (χ2v) is 6.19. The quantitative estimate of drug-likeness (QED) is 0.857. The second kappa shape index (κ2) is 7.88. The van der Waals surface area contributed by atoms with Crippen LogP contribution < -0.4 is 5.32 Å². The Morgan fingerprint density at radius 1 is 1.24 bits per heavy atom. The van der Waals surface area contributed by atoms with Crippen LogP contribution in [-0.2, 0) is 20.9 Å². The van der Waals surface area contributed by atoms with E-state index in [1.54, 1.807) is 9.80 Å². The van der Waals surface area contributed by atoms with Crippen molar-refractivity contribution >= 4 is 11.8 Å². The molecule has 2 saturated heterocycles. The van der Waals surface area contributed by atoms with Crippen LogP contribution in [0.25, 0.3) is 0 Å². The fraction of sp³-hybridized carbons (Fsp3) is 0.529. The molecule has 25 heavy (non-hydrogen) atoms. The van der Waals surface area contributed by atoms with Crippen molar-refractivity contribution in [3.63, 3.8) is 0 Å². The minimum atomic E-state index is -0.917. The van der Waals surface area contributed by atoms with Gasteiger partial charge in [0.05, 0.1) is 25.7 Å². The average Bonchev–Trinajstić information content (AvgIpc) is 2.62. The number of hydrogen-bond acceptors (Lipinski definition) is 4. The number of rotatable bonds is 4. The molecule has 0 radical (unpaired) electrons. The van der Waals surface area contributed by atoms with Gasteiger partial charge in [0.2, 0.25) is 11.8 Å². The van der Waals surface area contributed by atoms with Gasteiger partial charge >= 0.3 is 0 Å². The molecule has 1 aromatic rings. The van der Waals surface area contributed by atoms with Gasteiger partial charge in [-0.3, -0.25) is 14.5 Å². The third-order valence-corrected chi connectivity index (χ3v) is 4.58. The molecule has 3 rings (SSSR count). The standard InChI is InChI=1S/C17H21F2N3O3/c18-13-3-1-2-12(16(13)19)11-22-5-4-20-17(24)14(22)10-15(23)21-6-8-25-9-7-21/h1-3,14H,4-11H2,(H,20,24)/t14-/m1/s1. The molecule has 0 saturated carbocycles. The molecule has 0 spiro atoms. The molecule has 0 aliphatic carbocycles. The summed E-state index contributed by atoms with van der Waals surface area (Å²) < 4.78 is 32.6. The van der Waals surface area contributed by atoms with Gasteiger partial charge in [0.25, 0.3) is 0 Å². The molecule has 2 aliphatic heterocycles. The van der Waals surface area contributed by atoms with Gasteiger partial charge in [0.1, 0.15) is 0 Å². The Hall–Kier alpha value is -2.06. The van der Waals surface area contributed by atoms with Crippen LogP contribution in [0.4, 0.5) is 8.78 Å². The van der Waals surface area contributed by atoms with E-state index in [4.69, 9.17) is 4.74 Å². The smallest absolute Gasteiger partial charge is 0.237 e. The van der Waals surface area contributed by atoms with Crippen LogP contribution in [0.3, 0.4) is 0 Å². The lowest BCUT2D eigenvalue weighted by Crippen LogP contribution is -2.56. The van der Waals surface area contributed by atoms with E-state index in [1.807, 2.05) is 0 Å². The van der Waals surface area contributed by atoms with Crippen molar-refractivity contribution in [2.75, 3.05) is 39.4 Å². The highest BCUT2D eigenvalue weighted by atomic mass is 19.2. The van der Waals surface area contributed by atoms with E-state index in [0.29, 0.717) is 39.4 Å². The molecule has 1 N–H and O–H groups in total. The molecule has 8 heteroatoms. The molecule has 2 heterocycles. The Morgan fingerprint density at radius 3 is 2.76 bits per heavy atom. The summed E-state index contributed by atoms with van der Waals surface area (Å²) in [6.07, 6.45) is 0.0166. The van der Waals surface area contributed by atoms with Crippen LogP contribution in [0.1, 0.15) is 12.0 Å². The highest BCUT2D eigenvalue weighted by molar-refractivity contribution is 5.88. The summed E-state index contributed by atoms with van der Waals surface area (Å²) in [7, 11) is 0. The number of benzene rings is 1. The van der Waals surface area contributed by atoms with E-state index in [1.165, 1.54) is 12.1 Å². The lowest BCUT2D eigenvalue weighted by molar-refractivity contribution is -0.141. The monoisotopic (exact) mass is 353 g/mol. The van der Waals surface area contributed by atoms with Gasteiger partial charge in [0, 0.05) is 38.3 Å². The summed E-state index contributed by atoms with van der Waals surface area (Å²) >= 11 is 0. The van der Waals surface area contributed by atoms with Crippen LogP contribution in [0, 0.1) is 11.6 Å². The van der Waals surface area contributed by atoms with E-state index < -0.39 is 17.7 Å². The maximum Gasteiger partial charge on any atom is 0.237 e. The highest BCUT2D eigenvalue weighted by Crippen LogP contribution is 2.18. The number of hydrogen-bond donors (Lipinski definition) is 1. The number of carbonyl (C=O) groups excluding carboxylic acids is 2. The molecule has 6 nitrogen and oxygen atoms in total. The zero-order valence-corrected chi connectivity index (χ0v) is 13.8. The number of halogens is 2. The topological polar surface area (TPSA) is 61.9 Å². The van der Waals surface area contributed by atoms with Crippen molar-refractivity contribution in [2.24, 2.45) is 0 Å². The van der Waals surface area contributed by atoms with Gasteiger partial charge in [-0.25, -0.2) is 8.78 Å². The summed E-state index contributed by atoms with van der Waals surface area (Å²) in [4.78, 5) is 28.1. The predicted molar refractivity (Wildman–Crippen MR) is 85.6 cm³/mol. The van der Waals surface area contributed by atoms with Crippen molar-refractivity contribution in [1.82, 2.24) is 15.1 Å². The van der Waals surface area contributed by atoms with E-state index in [0.717, 1.165) is 6.07 Å². The normalized spacial score (nSPS) is 21.9. The van der Waals surface area contributed by atoms with E-state index in [9.17, 15) is 18.4 Å². The Kier molecular flexibility index (Phi) is 5.60. The lowest BCUT2D eigenvalue weighted by Gasteiger charge is -2.36. The van der Waals surface area contributed by atoms with Crippen LogP contribution in [0.2, 0.25) is 0 Å². The number of nitrogens with one attached hydrogen (secondary N) is 1. The molecule has 2 aliphatic rings. The van der Waals surface area contributed by atoms with Crippen LogP contribution in [0.15, 0.2) is 18.2 Å². The Labute approximate surface area is 144 Å². The third-order valence-electron chi connectivity index (χ3n) is 4.58. The minimum Gasteiger partial charge on any atom is -0.378 e. The van der Waals surface area contributed by atoms with E-state index in [2.05, 4.69) is 5.32 Å². The van der Waals surface area contributed by atoms with Crippen molar-refractivity contribution in [3.05, 3.63) is 35.4 Å². The second-order valence-electron chi connectivity index (χ2n) is 6.19. The molecule has 2 fully saturated rings. The lowest BCUT2D eigenvalue weighted by atomic mass is 10.1. The summed E-state index contributed by atoms with van der Waals surface area (Å²) in [6.45, 7) is 2.96. The van der Waals surface area contributed by atoms with E-state index >= 15 is 0 Å². The minimum absolute atomic E-state index is 0.0166. The van der Waals surface area contributed by atoms with Crippen molar-refractivity contribution < 1.29 is 23.1 Å². The fourth-order valence-corrected chi connectivity index (χ4v) is 3.17. The maximum atomic E-state index is 13.9. The molecule has 136 valence electrons. The maximum absolute atomic E-state index is 13.9. The van der Waals surface area contributed by atoms with Gasteiger partial charge in [-0.15, -0.1) is 0 Å². The Bertz CT molecular complexity index is 650. The molecule has 2 amide bonds. The molecule has 1 atom stereocenters. The molecule has 0 bridgehead atoms. The van der Waals surface area contributed by atoms with Gasteiger partial charge in [-0.1, -0.05) is 12.1 Å². The molecular formula is C17H21F2N3O3. The van der Waals surface area contributed by atoms with Gasteiger partial charge in [0.15, 0.2) is 11.6 Å². The van der Waals surface area contributed by atoms with Gasteiger partial charge < -0.3 is 15.0 Å². The van der Waals surface area contributed by atoms with Crippen molar-refractivity contribution in [2.45, 2.75) is 19.0 Å². The predicted octanol–water partition coefficient (Wildman–Crippen LogP) is 0.514. The Balaban J connectivity index is 1.71. The number of carbonyl (C=O) groups is 2. The number of amides is 2. The number of nitrogens with zero attached hydrogens (tertiary/aromatic N) is 2. The first-order valence-electron chi connectivity index (χ1n) is 8.36. The third kappa shape index (κ3) is 4.13. The molecule has 0 unspecified atom stereocenters. The largest absolute Gasteiger partial charge is 0.378 e. The number of morpholine rings is 1. The fourth-order valence-electron chi connectivity index (χ4n) is 3.17. The van der Waals surface area contributed by atoms with Crippen LogP contribution in [-0.4, -0.2) is 67.0 Å². The van der Waals surface area contributed by atoms with Gasteiger partial charge in [-0.05, 0) is 6.07 Å². The summed E-state index contributed by atoms with van der Waals surface area (Å²) in [5.74, 6) is -2.22. The van der Waals surface area contributed by atoms with Crippen LogP contribution >= 0.6 is 0 Å². The molecule has 0 aromatic heterocycles. The summed E-state index contributed by atoms with van der Waals surface area (Å²) in [5.41, 5.74) is 0.179. The SMILES string of the molecule is O=C1NCCN(Cc2cccc(F)c2F)[C@@H]1CC(=O)N1CCOCC1. The van der Waals surface area contributed by atoms with E-state index in [-0.39, 0.29) is 30.3 Å². The molecule has 1 aromatic carbocycles. The van der Waals surface area contributed by atoms with Crippen molar-refractivity contribution in [3.8, 4) is 0 Å². The number of piperazine rings is 1. The summed E-state index contributed by atoms with van der Waals surface area (Å²) in [6, 6.07) is 3.30. The Morgan fingerprint density at radius 2 is 2.00 bits per heavy atom. The summed E-state index contributed by atoms with van der Waals surface area (Å²) in [5, 5.41) is 2.74. The van der Waals surface area contributed by atoms with Crippen molar-refractivity contribution in [1.29, 1.82) is 0 Å². The number of ether oxygens (including phenoxy) is 1. The highest BCUT2D eigenvalue weighted by Gasteiger charge is 2.33. The zero-order valence-electron chi connectivity index (χ0n) is 13.8.